The maximum atomic E-state index is 12.3. The molecule has 1 aliphatic carbocycles. The normalized spacial score (nSPS) is 26.0. The highest BCUT2D eigenvalue weighted by molar-refractivity contribution is 5.45. The maximum Gasteiger partial charge on any atom is 0.269 e. The lowest BCUT2D eigenvalue weighted by Gasteiger charge is -2.37. The smallest absolute Gasteiger partial charge is 0.269 e. The number of hydrogen-bond donors (Lipinski definition) is 1. The lowest BCUT2D eigenvalue weighted by molar-refractivity contribution is 0.0579. The van der Waals surface area contributed by atoms with Gasteiger partial charge in [-0.2, -0.15) is 5.10 Å². The molecule has 1 N–H and O–H groups in total. The Balaban J connectivity index is 1.49. The second-order valence-corrected chi connectivity index (χ2v) is 6.70. The Morgan fingerprint density at radius 2 is 2.04 bits per heavy atom. The van der Waals surface area contributed by atoms with Crippen molar-refractivity contribution in [2.45, 2.75) is 13.0 Å². The number of aromatic nitrogens is 2. The van der Waals surface area contributed by atoms with Crippen LogP contribution in [0.5, 0.6) is 0 Å². The Morgan fingerprint density at radius 3 is 2.78 bits per heavy atom. The minimum absolute atomic E-state index is 0.0655. The van der Waals surface area contributed by atoms with Crippen LogP contribution in [0.25, 0.3) is 0 Å². The Labute approximate surface area is 135 Å². The average Bonchev–Trinajstić information content (AvgIpc) is 2.89. The number of nitrogens with zero attached hydrogens (tertiary/aromatic N) is 3. The Kier molecular flexibility index (Phi) is 3.65. The third-order valence-electron chi connectivity index (χ3n) is 5.33. The van der Waals surface area contributed by atoms with E-state index >= 15 is 0 Å². The molecule has 0 bridgehead atoms. The molecule has 1 saturated carbocycles. The van der Waals surface area contributed by atoms with Gasteiger partial charge in [-0.05, 0) is 29.7 Å². The average molecular weight is 311 g/mol. The molecular formula is C18H21N3O2. The number of fused-ring (bicyclic) bond motifs is 1. The van der Waals surface area contributed by atoms with Gasteiger partial charge in [-0.25, -0.2) is 4.68 Å². The molecule has 2 aromatic rings. The van der Waals surface area contributed by atoms with Crippen LogP contribution in [-0.2, 0) is 6.54 Å². The zero-order valence-corrected chi connectivity index (χ0v) is 13.0. The summed E-state index contributed by atoms with van der Waals surface area (Å²) in [5, 5.41) is 13.7. The summed E-state index contributed by atoms with van der Waals surface area (Å²) in [7, 11) is 0. The predicted octanol–water partition coefficient (Wildman–Crippen LogP) is 1.36. The fraction of sp³-hybridized carbons (Fsp3) is 0.444. The minimum Gasteiger partial charge on any atom is -0.396 e. The van der Waals surface area contributed by atoms with Crippen LogP contribution < -0.4 is 10.5 Å². The van der Waals surface area contributed by atoms with Crippen LogP contribution in [0.3, 0.4) is 0 Å². The highest BCUT2D eigenvalue weighted by Gasteiger charge is 2.46. The van der Waals surface area contributed by atoms with Crippen molar-refractivity contribution in [2.24, 2.45) is 17.8 Å². The summed E-state index contributed by atoms with van der Waals surface area (Å²) in [5.74, 6) is 1.68. The molecule has 5 nitrogen and oxygen atoms in total. The van der Waals surface area contributed by atoms with E-state index in [1.54, 1.807) is 12.3 Å². The van der Waals surface area contributed by atoms with Crippen molar-refractivity contribution in [1.82, 2.24) is 9.78 Å². The Bertz CT molecular complexity index is 743. The van der Waals surface area contributed by atoms with Crippen LogP contribution >= 0.6 is 0 Å². The first kappa shape index (κ1) is 14.5. The molecule has 4 rings (SSSR count). The number of aliphatic hydroxyl groups is 1. The van der Waals surface area contributed by atoms with Gasteiger partial charge in [0.25, 0.3) is 5.56 Å². The summed E-state index contributed by atoms with van der Waals surface area (Å²) in [6.45, 7) is 2.69. The second kappa shape index (κ2) is 5.81. The highest BCUT2D eigenvalue weighted by atomic mass is 16.3. The summed E-state index contributed by atoms with van der Waals surface area (Å²) in [5.41, 5.74) is 1.91. The van der Waals surface area contributed by atoms with Crippen molar-refractivity contribution in [1.29, 1.82) is 0 Å². The first-order chi connectivity index (χ1) is 11.2. The van der Waals surface area contributed by atoms with E-state index in [1.807, 2.05) is 30.3 Å². The quantitative estimate of drug-likeness (QED) is 0.926. The van der Waals surface area contributed by atoms with Crippen LogP contribution in [0.2, 0.25) is 0 Å². The van der Waals surface area contributed by atoms with Crippen molar-refractivity contribution in [3.8, 4) is 0 Å². The first-order valence-corrected chi connectivity index (χ1v) is 8.21. The molecule has 2 aliphatic rings. The molecule has 0 unspecified atom stereocenters. The van der Waals surface area contributed by atoms with Gasteiger partial charge in [0.15, 0.2) is 0 Å². The number of anilines is 1. The van der Waals surface area contributed by atoms with E-state index in [9.17, 15) is 9.90 Å². The maximum absolute atomic E-state index is 12.3. The SMILES string of the molecule is O=c1cc(N2C[C@H]3C[C@H](CO)[C@H]3C2)cnn1Cc1ccccc1. The zero-order chi connectivity index (χ0) is 15.8. The fourth-order valence-electron chi connectivity index (χ4n) is 3.94. The number of hydrogen-bond acceptors (Lipinski definition) is 4. The monoisotopic (exact) mass is 311 g/mol. The van der Waals surface area contributed by atoms with Gasteiger partial charge in [0.1, 0.15) is 0 Å². The molecule has 3 atom stereocenters. The van der Waals surface area contributed by atoms with Crippen LogP contribution in [0.1, 0.15) is 12.0 Å². The summed E-state index contributed by atoms with van der Waals surface area (Å²) >= 11 is 0. The molecule has 0 spiro atoms. The predicted molar refractivity (Wildman–Crippen MR) is 88.4 cm³/mol. The molecule has 1 aromatic heterocycles. The molecule has 1 aliphatic heterocycles. The molecule has 2 fully saturated rings. The summed E-state index contributed by atoms with van der Waals surface area (Å²) < 4.78 is 1.50. The van der Waals surface area contributed by atoms with Crippen LogP contribution in [0, 0.1) is 17.8 Å². The Morgan fingerprint density at radius 1 is 1.22 bits per heavy atom. The van der Waals surface area contributed by atoms with Crippen LogP contribution in [0.15, 0.2) is 47.4 Å². The summed E-state index contributed by atoms with van der Waals surface area (Å²) in [4.78, 5) is 14.6. The Hall–Kier alpha value is -2.14. The van der Waals surface area contributed by atoms with Gasteiger partial charge in [-0.15, -0.1) is 0 Å². The lowest BCUT2D eigenvalue weighted by atomic mass is 9.67. The first-order valence-electron chi connectivity index (χ1n) is 8.21. The fourth-order valence-corrected chi connectivity index (χ4v) is 3.94. The topological polar surface area (TPSA) is 58.4 Å². The van der Waals surface area contributed by atoms with Crippen molar-refractivity contribution >= 4 is 5.69 Å². The lowest BCUT2D eigenvalue weighted by Crippen LogP contribution is -2.37. The highest BCUT2D eigenvalue weighted by Crippen LogP contribution is 2.46. The standard InChI is InChI=1S/C18H21N3O2/c22-12-15-6-14-10-20(11-17(14)15)16-7-18(23)21(19-8-16)9-13-4-2-1-3-5-13/h1-5,7-8,14-15,17,22H,6,9-12H2/t14-,15-,17+/m1/s1. The third kappa shape index (κ3) is 2.65. The molecule has 1 aromatic carbocycles. The van der Waals surface area contributed by atoms with Crippen LogP contribution in [0.4, 0.5) is 5.69 Å². The molecule has 5 heteroatoms. The van der Waals surface area contributed by atoms with E-state index < -0.39 is 0 Å². The van der Waals surface area contributed by atoms with Crippen molar-refractivity contribution in [3.05, 3.63) is 58.5 Å². The molecule has 120 valence electrons. The van der Waals surface area contributed by atoms with E-state index in [-0.39, 0.29) is 12.2 Å². The van der Waals surface area contributed by atoms with Crippen LogP contribution in [-0.4, -0.2) is 34.6 Å². The molecule has 1 saturated heterocycles. The van der Waals surface area contributed by atoms with E-state index in [2.05, 4.69) is 10.00 Å². The van der Waals surface area contributed by atoms with Gasteiger partial charge in [-0.3, -0.25) is 4.79 Å². The van der Waals surface area contributed by atoms with E-state index in [0.29, 0.717) is 24.3 Å². The van der Waals surface area contributed by atoms with E-state index in [1.165, 1.54) is 4.68 Å². The number of benzene rings is 1. The largest absolute Gasteiger partial charge is 0.396 e. The third-order valence-corrected chi connectivity index (χ3v) is 5.33. The van der Waals surface area contributed by atoms with Gasteiger partial charge < -0.3 is 10.0 Å². The van der Waals surface area contributed by atoms with E-state index in [0.717, 1.165) is 30.8 Å². The molecule has 0 amide bonds. The minimum atomic E-state index is -0.0655. The molecular weight excluding hydrogens is 290 g/mol. The molecule has 23 heavy (non-hydrogen) atoms. The molecule has 0 radical (unpaired) electrons. The van der Waals surface area contributed by atoms with Crippen molar-refractivity contribution in [3.63, 3.8) is 0 Å². The van der Waals surface area contributed by atoms with Gasteiger partial charge in [0.2, 0.25) is 0 Å². The summed E-state index contributed by atoms with van der Waals surface area (Å²) in [6.07, 6.45) is 2.90. The summed E-state index contributed by atoms with van der Waals surface area (Å²) in [6, 6.07) is 11.6. The van der Waals surface area contributed by atoms with Crippen molar-refractivity contribution < 1.29 is 5.11 Å². The van der Waals surface area contributed by atoms with Gasteiger partial charge in [0.05, 0.1) is 18.4 Å². The van der Waals surface area contributed by atoms with Gasteiger partial charge in [0, 0.05) is 25.8 Å². The van der Waals surface area contributed by atoms with Gasteiger partial charge in [-0.1, -0.05) is 30.3 Å². The van der Waals surface area contributed by atoms with E-state index in [4.69, 9.17) is 0 Å². The zero-order valence-electron chi connectivity index (χ0n) is 13.0. The molecule has 2 heterocycles. The van der Waals surface area contributed by atoms with Gasteiger partial charge >= 0.3 is 0 Å². The van der Waals surface area contributed by atoms with Crippen molar-refractivity contribution in [2.75, 3.05) is 24.6 Å². The number of rotatable bonds is 4. The number of aliphatic hydroxyl groups excluding tert-OH is 1. The second-order valence-electron chi connectivity index (χ2n) is 6.70.